The Hall–Kier alpha value is -7.08. The van der Waals surface area contributed by atoms with Crippen LogP contribution in [0.25, 0.3) is 53.1 Å². The first-order valence-electron chi connectivity index (χ1n) is 19.4. The Balaban J connectivity index is 1.15. The van der Waals surface area contributed by atoms with Crippen molar-refractivity contribution in [1.82, 2.24) is 9.88 Å². The van der Waals surface area contributed by atoms with Gasteiger partial charge in [0.2, 0.25) is 6.29 Å². The third-order valence-electron chi connectivity index (χ3n) is 12.0. The molecular formula is C52H34N4S. The average molecular weight is 747 g/mol. The van der Waals surface area contributed by atoms with E-state index in [9.17, 15) is 0 Å². The first-order chi connectivity index (χ1) is 28.3. The number of aromatic nitrogens is 1. The van der Waals surface area contributed by atoms with Crippen LogP contribution in [0.2, 0.25) is 0 Å². The number of nitrogens with zero attached hydrogens (tertiary/aromatic N) is 3. The van der Waals surface area contributed by atoms with Crippen molar-refractivity contribution in [2.24, 2.45) is 9.98 Å². The van der Waals surface area contributed by atoms with E-state index in [0.29, 0.717) is 0 Å². The smallest absolute Gasteiger partial charge is 0.224 e. The van der Waals surface area contributed by atoms with Crippen LogP contribution in [0.3, 0.4) is 0 Å². The van der Waals surface area contributed by atoms with E-state index < -0.39 is 11.7 Å². The van der Waals surface area contributed by atoms with Gasteiger partial charge in [-0.05, 0) is 63.7 Å². The fourth-order valence-electron chi connectivity index (χ4n) is 9.55. The molecule has 0 saturated carbocycles. The zero-order valence-corrected chi connectivity index (χ0v) is 31.6. The summed E-state index contributed by atoms with van der Waals surface area (Å²) < 4.78 is 4.84. The van der Waals surface area contributed by atoms with E-state index in [-0.39, 0.29) is 0 Å². The van der Waals surface area contributed by atoms with Crippen LogP contribution in [0.1, 0.15) is 39.7 Å². The molecule has 0 spiro atoms. The van der Waals surface area contributed by atoms with Gasteiger partial charge < -0.3 is 5.32 Å². The summed E-state index contributed by atoms with van der Waals surface area (Å²) in [6.45, 7) is 0. The van der Waals surface area contributed by atoms with Crippen LogP contribution in [-0.4, -0.2) is 16.2 Å². The number of hydrogen-bond donors (Lipinski definition) is 1. The Bertz CT molecular complexity index is 3230. The highest BCUT2D eigenvalue weighted by Crippen LogP contribution is 2.57. The summed E-state index contributed by atoms with van der Waals surface area (Å²) in [5.41, 5.74) is 11.4. The van der Waals surface area contributed by atoms with Crippen molar-refractivity contribution in [3.63, 3.8) is 0 Å². The quantitative estimate of drug-likeness (QED) is 0.187. The lowest BCUT2D eigenvalue weighted by molar-refractivity contribution is 0.575. The number of hydrogen-bond acceptors (Lipinski definition) is 4. The fourth-order valence-corrected chi connectivity index (χ4v) is 10.8. The van der Waals surface area contributed by atoms with Crippen molar-refractivity contribution in [1.29, 1.82) is 0 Å². The summed E-state index contributed by atoms with van der Waals surface area (Å²) in [4.78, 5) is 11.0. The van der Waals surface area contributed by atoms with Crippen molar-refractivity contribution in [2.75, 3.05) is 0 Å². The van der Waals surface area contributed by atoms with Crippen molar-refractivity contribution >= 4 is 65.0 Å². The van der Waals surface area contributed by atoms with Gasteiger partial charge in [0.1, 0.15) is 11.7 Å². The second kappa shape index (κ2) is 12.5. The van der Waals surface area contributed by atoms with Crippen molar-refractivity contribution in [3.8, 4) is 11.1 Å². The topological polar surface area (TPSA) is 41.7 Å². The zero-order valence-electron chi connectivity index (χ0n) is 30.8. The maximum absolute atomic E-state index is 5.54. The van der Waals surface area contributed by atoms with E-state index in [1.165, 1.54) is 64.3 Å². The first-order valence-corrected chi connectivity index (χ1v) is 20.3. The second-order valence-corrected chi connectivity index (χ2v) is 16.0. The maximum Gasteiger partial charge on any atom is 0.224 e. The van der Waals surface area contributed by atoms with Gasteiger partial charge in [-0.1, -0.05) is 164 Å². The minimum atomic E-state index is -0.564. The Morgan fingerprint density at radius 2 is 1.07 bits per heavy atom. The molecule has 12 rings (SSSR count). The number of para-hydroxylation sites is 1. The molecule has 1 aliphatic carbocycles. The normalized spacial score (nSPS) is 15.7. The Morgan fingerprint density at radius 1 is 0.456 bits per heavy atom. The summed E-state index contributed by atoms with van der Waals surface area (Å²) in [7, 11) is 0. The second-order valence-electron chi connectivity index (χ2n) is 14.9. The third kappa shape index (κ3) is 4.67. The largest absolute Gasteiger partial charge is 0.324 e. The molecule has 0 radical (unpaired) electrons. The van der Waals surface area contributed by atoms with Gasteiger partial charge in [-0.3, -0.25) is 4.57 Å². The zero-order chi connectivity index (χ0) is 37.5. The molecule has 10 aromatic rings. The van der Waals surface area contributed by atoms with Gasteiger partial charge in [0.15, 0.2) is 0 Å². The lowest BCUT2D eigenvalue weighted by Crippen LogP contribution is -2.37. The number of thiophene rings is 1. The van der Waals surface area contributed by atoms with Crippen molar-refractivity contribution in [3.05, 3.63) is 228 Å². The predicted octanol–water partition coefficient (Wildman–Crippen LogP) is 12.5. The third-order valence-corrected chi connectivity index (χ3v) is 13.2. The predicted molar refractivity (Wildman–Crippen MR) is 238 cm³/mol. The molecule has 57 heavy (non-hydrogen) atoms. The molecule has 8 aromatic carbocycles. The molecule has 0 bridgehead atoms. The SMILES string of the molecule is c1ccc(C2=NC(n3c4ccccc4c4cc5c(cc43)-c3ccccc3C5(c3ccccc3)c3ccccc3)N=C(c3cccc4c3sc3ccccc34)N2)cc1. The molecule has 1 N–H and O–H groups in total. The summed E-state index contributed by atoms with van der Waals surface area (Å²) >= 11 is 1.82. The summed E-state index contributed by atoms with van der Waals surface area (Å²) in [5, 5.41) is 8.58. The van der Waals surface area contributed by atoms with Crippen molar-refractivity contribution in [2.45, 2.75) is 11.7 Å². The van der Waals surface area contributed by atoms with E-state index in [0.717, 1.165) is 33.8 Å². The van der Waals surface area contributed by atoms with Crippen LogP contribution < -0.4 is 5.32 Å². The Kier molecular flexibility index (Phi) is 7.04. The van der Waals surface area contributed by atoms with Crippen molar-refractivity contribution < 1.29 is 0 Å². The van der Waals surface area contributed by atoms with Crippen LogP contribution in [0.5, 0.6) is 0 Å². The van der Waals surface area contributed by atoms with E-state index in [1.807, 2.05) is 17.4 Å². The van der Waals surface area contributed by atoms with Gasteiger partial charge in [0, 0.05) is 42.1 Å². The number of nitrogens with one attached hydrogen (secondary N) is 1. The molecule has 5 heteroatoms. The fraction of sp³-hybridized carbons (Fsp3) is 0.0385. The Morgan fingerprint density at radius 3 is 1.86 bits per heavy atom. The highest BCUT2D eigenvalue weighted by atomic mass is 32.1. The van der Waals surface area contributed by atoms with Gasteiger partial charge in [0.05, 0.1) is 16.4 Å². The van der Waals surface area contributed by atoms with Gasteiger partial charge >= 0.3 is 0 Å². The minimum Gasteiger partial charge on any atom is -0.324 e. The van der Waals surface area contributed by atoms with Gasteiger partial charge in [-0.15, -0.1) is 11.3 Å². The van der Waals surface area contributed by atoms with Crippen LogP contribution in [0.4, 0.5) is 0 Å². The molecule has 2 aromatic heterocycles. The highest BCUT2D eigenvalue weighted by molar-refractivity contribution is 7.26. The number of fused-ring (bicyclic) bond motifs is 9. The molecule has 1 atom stereocenters. The molecule has 1 aliphatic heterocycles. The highest BCUT2D eigenvalue weighted by Gasteiger charge is 2.46. The molecule has 1 unspecified atom stereocenters. The van der Waals surface area contributed by atoms with Gasteiger partial charge in [-0.2, -0.15) is 0 Å². The Labute approximate surface area is 333 Å². The van der Waals surface area contributed by atoms with E-state index >= 15 is 0 Å². The van der Waals surface area contributed by atoms with E-state index in [1.54, 1.807) is 0 Å². The molecule has 2 aliphatic rings. The van der Waals surface area contributed by atoms with Gasteiger partial charge in [0.25, 0.3) is 0 Å². The molecule has 268 valence electrons. The summed E-state index contributed by atoms with van der Waals surface area (Å²) in [6.07, 6.45) is -0.564. The summed E-state index contributed by atoms with van der Waals surface area (Å²) in [5.74, 6) is 1.61. The molecule has 4 nitrogen and oxygen atoms in total. The molecule has 3 heterocycles. The molecule has 0 saturated heterocycles. The lowest BCUT2D eigenvalue weighted by atomic mass is 9.67. The average Bonchev–Trinajstić information content (AvgIpc) is 3.92. The number of aliphatic imine (C=N–C) groups is 2. The van der Waals surface area contributed by atoms with Crippen LogP contribution in [0, 0.1) is 0 Å². The van der Waals surface area contributed by atoms with Crippen LogP contribution in [-0.2, 0) is 5.41 Å². The molecule has 0 fully saturated rings. The minimum absolute atomic E-state index is 0.493. The van der Waals surface area contributed by atoms with Crippen LogP contribution in [0.15, 0.2) is 204 Å². The number of rotatable bonds is 5. The molecular weight excluding hydrogens is 713 g/mol. The van der Waals surface area contributed by atoms with E-state index in [4.69, 9.17) is 9.98 Å². The van der Waals surface area contributed by atoms with Gasteiger partial charge in [-0.25, -0.2) is 9.98 Å². The number of amidine groups is 2. The maximum atomic E-state index is 5.54. The monoisotopic (exact) mass is 746 g/mol. The molecule has 0 amide bonds. The first kappa shape index (κ1) is 32.2. The number of benzene rings is 8. The summed E-state index contributed by atoms with van der Waals surface area (Å²) in [6, 6.07) is 70.3. The standard InChI is InChI=1S/C52H34N4S/c1-4-17-33(18-5-1)49-53-50(40-27-16-26-39-38-25-12-15-30-47(38)57-48(39)40)55-51(54-49)56-45-29-14-11-24-37(45)42-31-44-41(32-46(42)56)36-23-10-13-28-43(36)52(44,34-19-6-2-7-20-34)35-21-8-3-9-22-35/h1-32,51H,(H,53,54,55). The van der Waals surface area contributed by atoms with E-state index in [2.05, 4.69) is 198 Å². The lowest BCUT2D eigenvalue weighted by Gasteiger charge is -2.34. The van der Waals surface area contributed by atoms with Crippen LogP contribution >= 0.6 is 11.3 Å².